The summed E-state index contributed by atoms with van der Waals surface area (Å²) >= 11 is 0. The monoisotopic (exact) mass is 287 g/mol. The molecule has 2 aliphatic rings. The van der Waals surface area contributed by atoms with Crippen molar-refractivity contribution in [2.45, 2.75) is 45.5 Å². The molecule has 21 heavy (non-hydrogen) atoms. The van der Waals surface area contributed by atoms with Crippen LogP contribution in [0, 0.1) is 12.8 Å². The minimum atomic E-state index is -0.371. The van der Waals surface area contributed by atoms with Gasteiger partial charge < -0.3 is 9.52 Å². The van der Waals surface area contributed by atoms with Crippen LogP contribution in [0.4, 0.5) is 0 Å². The highest BCUT2D eigenvalue weighted by Gasteiger charge is 2.33. The molecule has 1 aliphatic heterocycles. The molecule has 1 fully saturated rings. The lowest BCUT2D eigenvalue weighted by Gasteiger charge is -2.26. The molecule has 1 aliphatic carbocycles. The van der Waals surface area contributed by atoms with Crippen molar-refractivity contribution < 1.29 is 9.52 Å². The second-order valence-electron chi connectivity index (χ2n) is 6.29. The van der Waals surface area contributed by atoms with Gasteiger partial charge >= 0.3 is 0 Å². The van der Waals surface area contributed by atoms with Crippen molar-refractivity contribution in [1.82, 2.24) is 14.7 Å². The fraction of sp³-hybridized carbons (Fsp3) is 0.562. The van der Waals surface area contributed by atoms with E-state index in [1.807, 2.05) is 23.7 Å². The molecule has 2 aromatic rings. The predicted molar refractivity (Wildman–Crippen MR) is 77.5 cm³/mol. The average Bonchev–Trinajstić information content (AvgIpc) is 3.11. The highest BCUT2D eigenvalue weighted by atomic mass is 16.3. The maximum Gasteiger partial charge on any atom is 0.118 e. The Morgan fingerprint density at radius 2 is 2.24 bits per heavy atom. The van der Waals surface area contributed by atoms with E-state index >= 15 is 0 Å². The van der Waals surface area contributed by atoms with Crippen LogP contribution in [0.25, 0.3) is 0 Å². The fourth-order valence-electron chi connectivity index (χ4n) is 3.07. The van der Waals surface area contributed by atoms with Crippen LogP contribution < -0.4 is 0 Å². The van der Waals surface area contributed by atoms with Crippen LogP contribution in [0.1, 0.15) is 41.9 Å². The Labute approximate surface area is 124 Å². The number of aliphatic hydroxyl groups excluding tert-OH is 1. The number of aromatic nitrogens is 2. The second kappa shape index (κ2) is 5.00. The first-order chi connectivity index (χ1) is 10.2. The Balaban J connectivity index is 1.46. The zero-order valence-electron chi connectivity index (χ0n) is 12.3. The normalized spacial score (nSPS) is 20.5. The predicted octanol–water partition coefficient (Wildman–Crippen LogP) is 2.24. The van der Waals surface area contributed by atoms with Gasteiger partial charge in [0.15, 0.2) is 0 Å². The number of aryl methyl sites for hydroxylation is 1. The zero-order chi connectivity index (χ0) is 14.4. The number of rotatable bonds is 4. The van der Waals surface area contributed by atoms with E-state index in [-0.39, 0.29) is 6.10 Å². The SMILES string of the molecule is Cc1ccc(CN2CCn3nc([C@H](O)C4CC4)cc3C2)o1. The van der Waals surface area contributed by atoms with E-state index < -0.39 is 0 Å². The molecule has 3 heterocycles. The van der Waals surface area contributed by atoms with E-state index in [1.54, 1.807) is 0 Å². The average molecular weight is 287 g/mol. The first-order valence-corrected chi connectivity index (χ1v) is 7.71. The van der Waals surface area contributed by atoms with Crippen molar-refractivity contribution in [1.29, 1.82) is 0 Å². The summed E-state index contributed by atoms with van der Waals surface area (Å²) < 4.78 is 7.70. The maximum absolute atomic E-state index is 10.2. The molecule has 5 heteroatoms. The third-order valence-corrected chi connectivity index (χ3v) is 4.44. The number of hydrogen-bond acceptors (Lipinski definition) is 4. The van der Waals surface area contributed by atoms with Crippen LogP contribution in [0.3, 0.4) is 0 Å². The van der Waals surface area contributed by atoms with Crippen LogP contribution in [0.15, 0.2) is 22.6 Å². The van der Waals surface area contributed by atoms with Crippen molar-refractivity contribution in [2.24, 2.45) is 5.92 Å². The van der Waals surface area contributed by atoms with Crippen LogP contribution in [0.5, 0.6) is 0 Å². The van der Waals surface area contributed by atoms with E-state index in [9.17, 15) is 5.11 Å². The molecule has 0 aromatic carbocycles. The largest absolute Gasteiger partial charge is 0.465 e. The highest BCUT2D eigenvalue weighted by Crippen LogP contribution is 2.40. The van der Waals surface area contributed by atoms with Crippen molar-refractivity contribution in [3.8, 4) is 0 Å². The number of furan rings is 1. The van der Waals surface area contributed by atoms with E-state index in [2.05, 4.69) is 16.1 Å². The van der Waals surface area contributed by atoms with Gasteiger partial charge in [0.05, 0.1) is 24.5 Å². The van der Waals surface area contributed by atoms with E-state index in [0.717, 1.165) is 56.2 Å². The van der Waals surface area contributed by atoms with Crippen LogP contribution in [0.2, 0.25) is 0 Å². The molecule has 0 radical (unpaired) electrons. The molecular formula is C16H21N3O2. The quantitative estimate of drug-likeness (QED) is 0.937. The fourth-order valence-corrected chi connectivity index (χ4v) is 3.07. The summed E-state index contributed by atoms with van der Waals surface area (Å²) in [4.78, 5) is 2.36. The topological polar surface area (TPSA) is 54.4 Å². The molecule has 2 aromatic heterocycles. The van der Waals surface area contributed by atoms with Gasteiger partial charge in [-0.3, -0.25) is 9.58 Å². The number of hydrogen-bond donors (Lipinski definition) is 1. The first kappa shape index (κ1) is 13.1. The molecule has 1 saturated carbocycles. The van der Waals surface area contributed by atoms with Crippen LogP contribution >= 0.6 is 0 Å². The van der Waals surface area contributed by atoms with Crippen molar-refractivity contribution in [2.75, 3.05) is 6.54 Å². The number of fused-ring (bicyclic) bond motifs is 1. The van der Waals surface area contributed by atoms with E-state index in [1.165, 1.54) is 5.69 Å². The molecule has 0 saturated heterocycles. The standard InChI is InChI=1S/C16H21N3O2/c1-11-2-5-14(21-11)10-18-6-7-19-13(9-18)8-15(17-19)16(20)12-3-4-12/h2,5,8,12,16,20H,3-4,6-7,9-10H2,1H3/t16-/m1/s1. The Morgan fingerprint density at radius 1 is 1.38 bits per heavy atom. The maximum atomic E-state index is 10.2. The Morgan fingerprint density at radius 3 is 2.95 bits per heavy atom. The first-order valence-electron chi connectivity index (χ1n) is 7.71. The van der Waals surface area contributed by atoms with Gasteiger partial charge in [0, 0.05) is 13.1 Å². The Hall–Kier alpha value is -1.59. The lowest BCUT2D eigenvalue weighted by molar-refractivity contribution is 0.147. The van der Waals surface area contributed by atoms with E-state index in [4.69, 9.17) is 4.42 Å². The molecule has 0 spiro atoms. The third kappa shape index (κ3) is 2.63. The van der Waals surface area contributed by atoms with Gasteiger partial charge in [-0.15, -0.1) is 0 Å². The van der Waals surface area contributed by atoms with Gasteiger partial charge in [0.2, 0.25) is 0 Å². The molecule has 1 N–H and O–H groups in total. The van der Waals surface area contributed by atoms with Gasteiger partial charge in [-0.25, -0.2) is 0 Å². The van der Waals surface area contributed by atoms with Crippen LogP contribution in [-0.4, -0.2) is 26.3 Å². The van der Waals surface area contributed by atoms with Gasteiger partial charge in [-0.2, -0.15) is 5.10 Å². The van der Waals surface area contributed by atoms with Crippen molar-refractivity contribution in [3.05, 3.63) is 41.1 Å². The van der Waals surface area contributed by atoms with Crippen molar-refractivity contribution in [3.63, 3.8) is 0 Å². The number of nitrogens with zero attached hydrogens (tertiary/aromatic N) is 3. The summed E-state index contributed by atoms with van der Waals surface area (Å²) in [6, 6.07) is 6.12. The third-order valence-electron chi connectivity index (χ3n) is 4.44. The van der Waals surface area contributed by atoms with E-state index in [0.29, 0.717) is 5.92 Å². The minimum Gasteiger partial charge on any atom is -0.465 e. The number of aliphatic hydroxyl groups is 1. The molecule has 0 unspecified atom stereocenters. The molecular weight excluding hydrogens is 266 g/mol. The van der Waals surface area contributed by atoms with Gasteiger partial charge in [0.25, 0.3) is 0 Å². The summed E-state index contributed by atoms with van der Waals surface area (Å²) in [5.41, 5.74) is 2.04. The summed E-state index contributed by atoms with van der Waals surface area (Å²) in [6.07, 6.45) is 1.89. The summed E-state index contributed by atoms with van der Waals surface area (Å²) in [5.74, 6) is 2.41. The lowest BCUT2D eigenvalue weighted by Crippen LogP contribution is -2.33. The molecule has 112 valence electrons. The lowest BCUT2D eigenvalue weighted by atomic mass is 10.1. The van der Waals surface area contributed by atoms with Crippen molar-refractivity contribution >= 4 is 0 Å². The second-order valence-corrected chi connectivity index (χ2v) is 6.29. The summed E-state index contributed by atoms with van der Waals surface area (Å²) in [5, 5.41) is 14.8. The molecule has 0 bridgehead atoms. The Kier molecular flexibility index (Phi) is 3.12. The highest BCUT2D eigenvalue weighted by molar-refractivity contribution is 5.16. The van der Waals surface area contributed by atoms with Gasteiger partial charge in [-0.05, 0) is 43.9 Å². The molecule has 4 rings (SSSR count). The molecule has 1 atom stereocenters. The summed E-state index contributed by atoms with van der Waals surface area (Å²) in [6.45, 7) is 5.52. The smallest absolute Gasteiger partial charge is 0.118 e. The molecule has 0 amide bonds. The van der Waals surface area contributed by atoms with Crippen LogP contribution in [-0.2, 0) is 19.6 Å². The van der Waals surface area contributed by atoms with Gasteiger partial charge in [0.1, 0.15) is 17.6 Å². The Bertz CT molecular complexity index is 642. The molecule has 5 nitrogen and oxygen atoms in total. The minimum absolute atomic E-state index is 0.371. The summed E-state index contributed by atoms with van der Waals surface area (Å²) in [7, 11) is 0. The zero-order valence-corrected chi connectivity index (χ0v) is 12.3. The van der Waals surface area contributed by atoms with Gasteiger partial charge in [-0.1, -0.05) is 0 Å².